The van der Waals surface area contributed by atoms with Gasteiger partial charge in [0.2, 0.25) is 0 Å². The molecule has 2 unspecified atom stereocenters. The minimum atomic E-state index is -0.0629. The Morgan fingerprint density at radius 3 is 2.63 bits per heavy atom. The Bertz CT molecular complexity index is 927. The van der Waals surface area contributed by atoms with Crippen LogP contribution in [0.1, 0.15) is 63.2 Å². The van der Waals surface area contributed by atoms with Gasteiger partial charge in [-0.05, 0) is 67.8 Å². The Hall–Kier alpha value is -1.49. The Labute approximate surface area is 164 Å². The lowest BCUT2D eigenvalue weighted by Crippen LogP contribution is -2.40. The zero-order valence-electron chi connectivity index (χ0n) is 16.1. The second-order valence-corrected chi connectivity index (χ2v) is 10.6. The molecule has 4 saturated carbocycles. The second-order valence-electron chi connectivity index (χ2n) is 9.44. The lowest BCUT2D eigenvalue weighted by Gasteiger charge is -2.48. The van der Waals surface area contributed by atoms with E-state index in [9.17, 15) is 9.59 Å². The summed E-state index contributed by atoms with van der Waals surface area (Å²) >= 11 is 1.58. The van der Waals surface area contributed by atoms with E-state index in [1.165, 1.54) is 54.4 Å². The summed E-state index contributed by atoms with van der Waals surface area (Å²) < 4.78 is 1.53. The average Bonchev–Trinajstić information content (AvgIpc) is 2.94. The molecule has 0 aliphatic heterocycles. The van der Waals surface area contributed by atoms with E-state index in [2.05, 4.69) is 11.9 Å². The molecule has 6 rings (SSSR count). The Balaban J connectivity index is 1.36. The van der Waals surface area contributed by atoms with Crippen molar-refractivity contribution in [3.05, 3.63) is 27.6 Å². The van der Waals surface area contributed by atoms with Crippen molar-refractivity contribution in [1.82, 2.24) is 9.55 Å². The fraction of sp³-hybridized carbons (Fsp3) is 0.682. The second kappa shape index (κ2) is 6.54. The van der Waals surface area contributed by atoms with Gasteiger partial charge in [-0.3, -0.25) is 14.2 Å². The SMILES string of the molecule is CCc1cc2c(=O)n(CC(=O)CC34CC5CCC(CC(C5)C3)C4)cnc2s1. The zero-order valence-corrected chi connectivity index (χ0v) is 16.9. The van der Waals surface area contributed by atoms with E-state index in [-0.39, 0.29) is 23.3 Å². The van der Waals surface area contributed by atoms with Gasteiger partial charge in [-0.25, -0.2) is 4.98 Å². The number of Topliss-reactive ketones (excluding diaryl/α,β-unsaturated/α-hetero) is 1. The molecule has 144 valence electrons. The van der Waals surface area contributed by atoms with Gasteiger partial charge in [0, 0.05) is 11.3 Å². The zero-order chi connectivity index (χ0) is 18.6. The normalized spacial score (nSPS) is 32.1. The summed E-state index contributed by atoms with van der Waals surface area (Å²) in [5.74, 6) is 2.73. The van der Waals surface area contributed by atoms with Crippen LogP contribution in [0, 0.1) is 23.2 Å². The van der Waals surface area contributed by atoms with Gasteiger partial charge < -0.3 is 0 Å². The van der Waals surface area contributed by atoms with Gasteiger partial charge in [-0.1, -0.05) is 19.8 Å². The summed E-state index contributed by atoms with van der Waals surface area (Å²) in [7, 11) is 0. The molecule has 0 N–H and O–H groups in total. The van der Waals surface area contributed by atoms with Crippen molar-refractivity contribution in [3.63, 3.8) is 0 Å². The van der Waals surface area contributed by atoms with Crippen LogP contribution in [0.2, 0.25) is 0 Å². The number of nitrogens with zero attached hydrogens (tertiary/aromatic N) is 2. The Morgan fingerprint density at radius 1 is 1.22 bits per heavy atom. The third-order valence-corrected chi connectivity index (χ3v) is 8.51. The average molecular weight is 385 g/mol. The van der Waals surface area contributed by atoms with E-state index in [4.69, 9.17) is 0 Å². The van der Waals surface area contributed by atoms with Crippen LogP contribution in [0.3, 0.4) is 0 Å². The highest BCUT2D eigenvalue weighted by atomic mass is 32.1. The number of ketones is 1. The fourth-order valence-corrected chi connectivity index (χ4v) is 7.47. The number of hydrogen-bond donors (Lipinski definition) is 0. The summed E-state index contributed by atoms with van der Waals surface area (Å²) in [6.07, 6.45) is 12.4. The van der Waals surface area contributed by atoms with Crippen LogP contribution in [-0.4, -0.2) is 15.3 Å². The molecule has 2 aromatic heterocycles. The Morgan fingerprint density at radius 2 is 1.93 bits per heavy atom. The lowest BCUT2D eigenvalue weighted by atomic mass is 9.57. The molecular formula is C22H28N2O2S. The lowest BCUT2D eigenvalue weighted by molar-refractivity contribution is -0.124. The van der Waals surface area contributed by atoms with Crippen molar-refractivity contribution in [2.75, 3.05) is 0 Å². The van der Waals surface area contributed by atoms with E-state index in [1.54, 1.807) is 17.7 Å². The van der Waals surface area contributed by atoms with Crippen LogP contribution in [0.4, 0.5) is 0 Å². The molecule has 0 amide bonds. The van der Waals surface area contributed by atoms with Crippen molar-refractivity contribution in [3.8, 4) is 0 Å². The van der Waals surface area contributed by atoms with Crippen molar-refractivity contribution >= 4 is 27.3 Å². The number of fused-ring (bicyclic) bond motifs is 2. The fourth-order valence-electron chi connectivity index (χ4n) is 6.55. The van der Waals surface area contributed by atoms with Gasteiger partial charge in [0.1, 0.15) is 4.83 Å². The highest BCUT2D eigenvalue weighted by Crippen LogP contribution is 2.59. The van der Waals surface area contributed by atoms with Crippen LogP contribution >= 0.6 is 11.3 Å². The minimum absolute atomic E-state index is 0.0629. The maximum absolute atomic E-state index is 13.0. The van der Waals surface area contributed by atoms with Crippen molar-refractivity contribution in [2.45, 2.75) is 71.3 Å². The van der Waals surface area contributed by atoms with Crippen molar-refractivity contribution < 1.29 is 4.79 Å². The molecule has 0 radical (unpaired) electrons. The van der Waals surface area contributed by atoms with Crippen LogP contribution in [0.15, 0.2) is 17.2 Å². The van der Waals surface area contributed by atoms with Crippen molar-refractivity contribution in [1.29, 1.82) is 0 Å². The molecule has 4 nitrogen and oxygen atoms in total. The van der Waals surface area contributed by atoms with Crippen molar-refractivity contribution in [2.24, 2.45) is 23.2 Å². The summed E-state index contributed by atoms with van der Waals surface area (Å²) in [6, 6.07) is 1.94. The molecule has 4 aliphatic rings. The van der Waals surface area contributed by atoms with Gasteiger partial charge in [0.25, 0.3) is 5.56 Å². The summed E-state index contributed by atoms with van der Waals surface area (Å²) in [6.45, 7) is 2.27. The molecular weight excluding hydrogens is 356 g/mol. The van der Waals surface area contributed by atoms with Gasteiger partial charge in [-0.15, -0.1) is 11.3 Å². The first-order valence-electron chi connectivity index (χ1n) is 10.5. The first-order valence-corrected chi connectivity index (χ1v) is 11.3. The molecule has 4 fully saturated rings. The number of carbonyl (C=O) groups is 1. The van der Waals surface area contributed by atoms with E-state index in [0.29, 0.717) is 11.8 Å². The molecule has 0 aromatic carbocycles. The maximum Gasteiger partial charge on any atom is 0.262 e. The maximum atomic E-state index is 13.0. The molecule has 27 heavy (non-hydrogen) atoms. The highest BCUT2D eigenvalue weighted by Gasteiger charge is 2.48. The quantitative estimate of drug-likeness (QED) is 0.758. The van der Waals surface area contributed by atoms with Crippen LogP contribution in [-0.2, 0) is 17.8 Å². The molecule has 0 spiro atoms. The van der Waals surface area contributed by atoms with E-state index in [1.807, 2.05) is 6.07 Å². The largest absolute Gasteiger partial charge is 0.298 e. The molecule has 2 aromatic rings. The van der Waals surface area contributed by atoms with Crippen LogP contribution in [0.25, 0.3) is 10.2 Å². The number of hydrogen-bond acceptors (Lipinski definition) is 4. The Kier molecular flexibility index (Phi) is 4.26. The summed E-state index contributed by atoms with van der Waals surface area (Å²) in [4.78, 5) is 32.2. The van der Waals surface area contributed by atoms with Crippen LogP contribution < -0.4 is 5.56 Å². The van der Waals surface area contributed by atoms with Crippen LogP contribution in [0.5, 0.6) is 0 Å². The predicted molar refractivity (Wildman–Crippen MR) is 108 cm³/mol. The molecule has 4 aliphatic carbocycles. The third-order valence-electron chi connectivity index (χ3n) is 7.32. The highest BCUT2D eigenvalue weighted by molar-refractivity contribution is 7.18. The summed E-state index contributed by atoms with van der Waals surface area (Å²) in [5.41, 5.74) is 0.162. The first kappa shape index (κ1) is 17.6. The molecule has 2 heterocycles. The first-order chi connectivity index (χ1) is 13.0. The van der Waals surface area contributed by atoms with Gasteiger partial charge in [-0.2, -0.15) is 0 Å². The monoisotopic (exact) mass is 384 g/mol. The van der Waals surface area contributed by atoms with E-state index < -0.39 is 0 Å². The minimum Gasteiger partial charge on any atom is -0.298 e. The summed E-state index contributed by atoms with van der Waals surface area (Å²) in [5, 5.41) is 0.666. The number of carbonyl (C=O) groups excluding carboxylic acids is 1. The van der Waals surface area contributed by atoms with Gasteiger partial charge >= 0.3 is 0 Å². The third kappa shape index (κ3) is 3.18. The molecule has 2 atom stereocenters. The molecule has 5 heteroatoms. The van der Waals surface area contributed by atoms with Gasteiger partial charge in [0.05, 0.1) is 18.3 Å². The van der Waals surface area contributed by atoms with E-state index in [0.717, 1.165) is 29.0 Å². The topological polar surface area (TPSA) is 52.0 Å². The predicted octanol–water partition coefficient (Wildman–Crippen LogP) is 4.59. The number of aryl methyl sites for hydroxylation is 1. The standard InChI is InChI=1S/C22H28N2O2S/c1-2-18-7-19-20(27-18)23-13-24(21(19)26)12-17(25)11-22-8-14-3-4-15(9-22)6-16(5-14)10-22/h7,13-16H,2-6,8-12H2,1H3. The number of rotatable bonds is 5. The van der Waals surface area contributed by atoms with Gasteiger partial charge in [0.15, 0.2) is 5.78 Å². The number of thiophene rings is 1. The van der Waals surface area contributed by atoms with E-state index >= 15 is 0 Å². The molecule has 4 bridgehead atoms. The smallest absolute Gasteiger partial charge is 0.262 e. The number of aromatic nitrogens is 2. The molecule has 0 saturated heterocycles.